The molecule has 0 radical (unpaired) electrons. The summed E-state index contributed by atoms with van der Waals surface area (Å²) in [7, 11) is 0. The van der Waals surface area contributed by atoms with Crippen LogP contribution in [-0.2, 0) is 6.18 Å². The van der Waals surface area contributed by atoms with E-state index in [0.717, 1.165) is 16.7 Å². The second-order valence-corrected chi connectivity index (χ2v) is 3.83. The number of hydrogen-bond donors (Lipinski definition) is 0. The lowest BCUT2D eigenvalue weighted by molar-refractivity contribution is -0.385. The minimum absolute atomic E-state index is 0.00403. The van der Waals surface area contributed by atoms with Crippen molar-refractivity contribution >= 4 is 5.69 Å². The Morgan fingerprint density at radius 1 is 1.30 bits per heavy atom. The van der Waals surface area contributed by atoms with Gasteiger partial charge in [0, 0.05) is 18.3 Å². The molecule has 0 unspecified atom stereocenters. The van der Waals surface area contributed by atoms with Crippen molar-refractivity contribution in [1.29, 1.82) is 5.26 Å². The van der Waals surface area contributed by atoms with Gasteiger partial charge in [0.25, 0.3) is 5.69 Å². The quantitative estimate of drug-likeness (QED) is 0.626. The van der Waals surface area contributed by atoms with Crippen LogP contribution in [0.1, 0.15) is 11.3 Å². The van der Waals surface area contributed by atoms with Gasteiger partial charge in [0.1, 0.15) is 11.8 Å². The van der Waals surface area contributed by atoms with E-state index < -0.39 is 22.4 Å². The maximum absolute atomic E-state index is 13.0. The first-order valence-corrected chi connectivity index (χ1v) is 5.28. The predicted molar refractivity (Wildman–Crippen MR) is 62.1 cm³/mol. The van der Waals surface area contributed by atoms with Crippen LogP contribution in [0.15, 0.2) is 36.5 Å². The lowest BCUT2D eigenvalue weighted by atomic mass is 10.1. The maximum Gasteiger partial charge on any atom is 0.418 e. The molecule has 1 aromatic carbocycles. The summed E-state index contributed by atoms with van der Waals surface area (Å²) in [4.78, 5) is 9.68. The molecular formula is C12H6F3N3O2. The average Bonchev–Trinajstić information content (AvgIpc) is 2.85. The van der Waals surface area contributed by atoms with Crippen LogP contribution >= 0.6 is 0 Å². The standard InChI is InChI=1S/C12H6F3N3O2/c13-12(14,15)10-6-8(18(19)20)3-4-11(10)17-5-1-2-9(17)7-16/h1-6H. The highest BCUT2D eigenvalue weighted by Gasteiger charge is 2.36. The van der Waals surface area contributed by atoms with Crippen LogP contribution in [0.3, 0.4) is 0 Å². The predicted octanol–water partition coefficient (Wildman–Crippen LogP) is 3.28. The number of non-ortho nitro benzene ring substituents is 1. The topological polar surface area (TPSA) is 71.9 Å². The SMILES string of the molecule is N#Cc1cccn1-c1ccc([N+](=O)[O-])cc1C(F)(F)F. The first-order valence-electron chi connectivity index (χ1n) is 5.28. The molecule has 1 aromatic heterocycles. The number of halogens is 3. The average molecular weight is 281 g/mol. The number of nitrogens with zero attached hydrogens (tertiary/aromatic N) is 3. The summed E-state index contributed by atoms with van der Waals surface area (Å²) in [6, 6.07) is 6.91. The highest BCUT2D eigenvalue weighted by Crippen LogP contribution is 2.36. The molecule has 0 aliphatic carbocycles. The third kappa shape index (κ3) is 2.33. The van der Waals surface area contributed by atoms with E-state index in [0.29, 0.717) is 6.07 Å². The Kier molecular flexibility index (Phi) is 3.19. The molecule has 0 aliphatic rings. The molecule has 0 fully saturated rings. The fourth-order valence-electron chi connectivity index (χ4n) is 1.76. The third-order valence-electron chi connectivity index (χ3n) is 2.62. The second-order valence-electron chi connectivity index (χ2n) is 3.83. The third-order valence-corrected chi connectivity index (χ3v) is 2.62. The monoisotopic (exact) mass is 281 g/mol. The van der Waals surface area contributed by atoms with E-state index in [2.05, 4.69) is 0 Å². The zero-order chi connectivity index (χ0) is 14.9. The normalized spacial score (nSPS) is 11.1. The Hall–Kier alpha value is -2.82. The van der Waals surface area contributed by atoms with Gasteiger partial charge in [0.05, 0.1) is 16.2 Å². The molecule has 2 rings (SSSR count). The lowest BCUT2D eigenvalue weighted by Crippen LogP contribution is -2.11. The van der Waals surface area contributed by atoms with E-state index in [4.69, 9.17) is 5.26 Å². The minimum atomic E-state index is -4.77. The van der Waals surface area contributed by atoms with Gasteiger partial charge in [-0.1, -0.05) is 0 Å². The molecule has 0 saturated carbocycles. The molecule has 8 heteroatoms. The van der Waals surface area contributed by atoms with Gasteiger partial charge in [0.2, 0.25) is 0 Å². The number of hydrogen-bond acceptors (Lipinski definition) is 3. The summed E-state index contributed by atoms with van der Waals surface area (Å²) in [5, 5.41) is 19.4. The molecule has 0 aliphatic heterocycles. The molecule has 0 N–H and O–H groups in total. The van der Waals surface area contributed by atoms with E-state index in [-0.39, 0.29) is 11.4 Å². The Morgan fingerprint density at radius 2 is 2.00 bits per heavy atom. The van der Waals surface area contributed by atoms with Crippen molar-refractivity contribution in [2.24, 2.45) is 0 Å². The number of nitriles is 1. The molecule has 0 saturated heterocycles. The molecule has 0 amide bonds. The highest BCUT2D eigenvalue weighted by atomic mass is 19.4. The Bertz CT molecular complexity index is 713. The molecule has 0 spiro atoms. The fraction of sp³-hybridized carbons (Fsp3) is 0.0833. The Labute approximate surface area is 110 Å². The van der Waals surface area contributed by atoms with Crippen molar-refractivity contribution in [1.82, 2.24) is 4.57 Å². The summed E-state index contributed by atoms with van der Waals surface area (Å²) < 4.78 is 40.0. The Morgan fingerprint density at radius 3 is 2.55 bits per heavy atom. The smallest absolute Gasteiger partial charge is 0.308 e. The van der Waals surface area contributed by atoms with E-state index in [1.54, 1.807) is 6.07 Å². The molecule has 0 atom stereocenters. The Balaban J connectivity index is 2.71. The van der Waals surface area contributed by atoms with Crippen molar-refractivity contribution in [2.75, 3.05) is 0 Å². The highest BCUT2D eigenvalue weighted by molar-refractivity contribution is 5.52. The molecule has 5 nitrogen and oxygen atoms in total. The molecule has 102 valence electrons. The lowest BCUT2D eigenvalue weighted by Gasteiger charge is -2.14. The first-order chi connectivity index (χ1) is 9.34. The largest absolute Gasteiger partial charge is 0.418 e. The zero-order valence-electron chi connectivity index (χ0n) is 9.76. The number of aromatic nitrogens is 1. The van der Waals surface area contributed by atoms with Gasteiger partial charge in [-0.2, -0.15) is 18.4 Å². The number of nitro benzene ring substituents is 1. The fourth-order valence-corrected chi connectivity index (χ4v) is 1.76. The molecule has 0 bridgehead atoms. The van der Waals surface area contributed by atoms with E-state index >= 15 is 0 Å². The van der Waals surface area contributed by atoms with Gasteiger partial charge >= 0.3 is 6.18 Å². The van der Waals surface area contributed by atoms with E-state index in [1.807, 2.05) is 0 Å². The summed E-state index contributed by atoms with van der Waals surface area (Å²) in [5.74, 6) is 0. The summed E-state index contributed by atoms with van der Waals surface area (Å²) >= 11 is 0. The van der Waals surface area contributed by atoms with Crippen molar-refractivity contribution in [2.45, 2.75) is 6.18 Å². The van der Waals surface area contributed by atoms with Gasteiger partial charge in [0.15, 0.2) is 0 Å². The van der Waals surface area contributed by atoms with Crippen LogP contribution in [-0.4, -0.2) is 9.49 Å². The first kappa shape index (κ1) is 13.6. The van der Waals surface area contributed by atoms with Crippen molar-refractivity contribution in [3.63, 3.8) is 0 Å². The summed E-state index contributed by atoms with van der Waals surface area (Å²) in [5.41, 5.74) is -2.15. The molecule has 20 heavy (non-hydrogen) atoms. The molecular weight excluding hydrogens is 275 g/mol. The number of rotatable bonds is 2. The van der Waals surface area contributed by atoms with Crippen LogP contribution in [0.5, 0.6) is 0 Å². The van der Waals surface area contributed by atoms with Crippen LogP contribution in [0.25, 0.3) is 5.69 Å². The van der Waals surface area contributed by atoms with Crippen LogP contribution in [0, 0.1) is 21.4 Å². The van der Waals surface area contributed by atoms with E-state index in [1.165, 1.54) is 18.3 Å². The second kappa shape index (κ2) is 4.70. The van der Waals surface area contributed by atoms with Gasteiger partial charge in [-0.05, 0) is 18.2 Å². The number of benzene rings is 1. The zero-order valence-corrected chi connectivity index (χ0v) is 9.76. The molecule has 2 aromatic rings. The number of nitro groups is 1. The van der Waals surface area contributed by atoms with Crippen molar-refractivity contribution in [3.05, 3.63) is 57.9 Å². The number of alkyl halides is 3. The summed E-state index contributed by atoms with van der Waals surface area (Å²) in [6.07, 6.45) is -3.48. The van der Waals surface area contributed by atoms with Gasteiger partial charge in [-0.3, -0.25) is 10.1 Å². The van der Waals surface area contributed by atoms with E-state index in [9.17, 15) is 23.3 Å². The minimum Gasteiger partial charge on any atom is -0.308 e. The van der Waals surface area contributed by atoms with Crippen LogP contribution in [0.2, 0.25) is 0 Å². The van der Waals surface area contributed by atoms with Gasteiger partial charge in [-0.25, -0.2) is 0 Å². The van der Waals surface area contributed by atoms with Crippen molar-refractivity contribution in [3.8, 4) is 11.8 Å². The van der Waals surface area contributed by atoms with Gasteiger partial charge in [-0.15, -0.1) is 0 Å². The van der Waals surface area contributed by atoms with Crippen LogP contribution in [0.4, 0.5) is 18.9 Å². The van der Waals surface area contributed by atoms with Crippen LogP contribution < -0.4 is 0 Å². The maximum atomic E-state index is 13.0. The summed E-state index contributed by atoms with van der Waals surface area (Å²) in [6.45, 7) is 0. The molecule has 1 heterocycles. The van der Waals surface area contributed by atoms with Gasteiger partial charge < -0.3 is 4.57 Å². The van der Waals surface area contributed by atoms with Crippen molar-refractivity contribution < 1.29 is 18.1 Å².